The molecule has 2 saturated heterocycles. The van der Waals surface area contributed by atoms with E-state index in [9.17, 15) is 18.8 Å². The van der Waals surface area contributed by atoms with Gasteiger partial charge >= 0.3 is 0 Å². The Morgan fingerprint density at radius 2 is 1.88 bits per heavy atom. The van der Waals surface area contributed by atoms with Crippen LogP contribution in [0.15, 0.2) is 47.4 Å². The molecule has 2 aromatic carbocycles. The molecule has 2 fully saturated rings. The monoisotopic (exact) mass is 580 g/mol. The van der Waals surface area contributed by atoms with Crippen molar-refractivity contribution < 1.29 is 23.5 Å². The lowest BCUT2D eigenvalue weighted by Gasteiger charge is -2.27. The number of benzene rings is 2. The van der Waals surface area contributed by atoms with E-state index in [4.69, 9.17) is 4.74 Å². The van der Waals surface area contributed by atoms with Gasteiger partial charge in [-0.3, -0.25) is 19.3 Å². The molecule has 33 heavy (non-hydrogen) atoms. The summed E-state index contributed by atoms with van der Waals surface area (Å²) >= 11 is 2.95. The van der Waals surface area contributed by atoms with Gasteiger partial charge in [0.05, 0.1) is 8.48 Å². The second-order valence-electron chi connectivity index (χ2n) is 7.78. The van der Waals surface area contributed by atoms with Crippen molar-refractivity contribution in [3.05, 3.63) is 67.9 Å². The fourth-order valence-corrected chi connectivity index (χ4v) is 5.19. The number of ether oxygens (including phenoxy) is 1. The van der Waals surface area contributed by atoms with Gasteiger partial charge in [-0.25, -0.2) is 4.39 Å². The zero-order valence-electron chi connectivity index (χ0n) is 17.8. The molecule has 0 bridgehead atoms. The third-order valence-electron chi connectivity index (χ3n) is 5.47. The van der Waals surface area contributed by atoms with Crippen molar-refractivity contribution in [3.63, 3.8) is 0 Å². The third-order valence-corrected chi connectivity index (χ3v) is 7.22. The van der Waals surface area contributed by atoms with Crippen LogP contribution in [0.5, 0.6) is 5.75 Å². The molecule has 0 radical (unpaired) electrons. The molecular formula is C24H22FIN2O4S. The Balaban J connectivity index is 1.41. The molecule has 2 aliphatic heterocycles. The van der Waals surface area contributed by atoms with Gasteiger partial charge in [-0.15, -0.1) is 0 Å². The number of amides is 3. The highest BCUT2D eigenvalue weighted by Gasteiger charge is 2.37. The smallest absolute Gasteiger partial charge is 0.294 e. The second kappa shape index (κ2) is 10.7. The minimum atomic E-state index is -0.453. The van der Waals surface area contributed by atoms with Crippen LogP contribution < -0.4 is 4.74 Å². The number of rotatable bonds is 6. The van der Waals surface area contributed by atoms with Crippen molar-refractivity contribution in [3.8, 4) is 5.75 Å². The summed E-state index contributed by atoms with van der Waals surface area (Å²) in [6, 6.07) is 11.8. The Morgan fingerprint density at radius 1 is 1.12 bits per heavy atom. The van der Waals surface area contributed by atoms with Gasteiger partial charge in [0.1, 0.15) is 24.7 Å². The fourth-order valence-electron chi connectivity index (χ4n) is 3.66. The summed E-state index contributed by atoms with van der Waals surface area (Å²) in [5, 5.41) is -0.434. The van der Waals surface area contributed by atoms with Gasteiger partial charge < -0.3 is 9.64 Å². The normalized spacial score (nSPS) is 17.7. The lowest BCUT2D eigenvalue weighted by Crippen LogP contribution is -2.44. The summed E-state index contributed by atoms with van der Waals surface area (Å²) in [6.07, 6.45) is 4.64. The molecule has 2 heterocycles. The van der Waals surface area contributed by atoms with E-state index in [2.05, 4.69) is 22.6 Å². The molecule has 2 aliphatic rings. The van der Waals surface area contributed by atoms with Gasteiger partial charge in [0.25, 0.3) is 11.1 Å². The zero-order valence-corrected chi connectivity index (χ0v) is 20.7. The maximum atomic E-state index is 13.8. The molecular weight excluding hydrogens is 558 g/mol. The summed E-state index contributed by atoms with van der Waals surface area (Å²) in [6.45, 7) is 1.23. The highest BCUT2D eigenvalue weighted by molar-refractivity contribution is 14.1. The predicted molar refractivity (Wildman–Crippen MR) is 133 cm³/mol. The van der Waals surface area contributed by atoms with E-state index in [0.717, 1.165) is 45.1 Å². The Morgan fingerprint density at radius 3 is 2.61 bits per heavy atom. The zero-order chi connectivity index (χ0) is 23.4. The summed E-state index contributed by atoms with van der Waals surface area (Å²) in [5.74, 6) is -0.371. The molecule has 0 N–H and O–H groups in total. The first-order valence-corrected chi connectivity index (χ1v) is 12.5. The summed E-state index contributed by atoms with van der Waals surface area (Å²) in [7, 11) is 0. The van der Waals surface area contributed by atoms with Crippen LogP contribution >= 0.6 is 34.4 Å². The topological polar surface area (TPSA) is 66.9 Å². The number of hydrogen-bond donors (Lipinski definition) is 0. The minimum Gasteiger partial charge on any atom is -0.488 e. The second-order valence-corrected chi connectivity index (χ2v) is 9.93. The summed E-state index contributed by atoms with van der Waals surface area (Å²) in [5.41, 5.74) is 1.19. The van der Waals surface area contributed by atoms with Crippen LogP contribution in [0, 0.1) is 9.39 Å². The fraction of sp³-hybridized carbons (Fsp3) is 0.292. The lowest BCUT2D eigenvalue weighted by atomic mass is 10.1. The van der Waals surface area contributed by atoms with Gasteiger partial charge in [-0.2, -0.15) is 0 Å². The first-order valence-electron chi connectivity index (χ1n) is 10.6. The van der Waals surface area contributed by atoms with Crippen LogP contribution in [0.3, 0.4) is 0 Å². The van der Waals surface area contributed by atoms with Crippen LogP contribution in [-0.4, -0.2) is 46.5 Å². The van der Waals surface area contributed by atoms with Crippen LogP contribution in [0.25, 0.3) is 6.08 Å². The van der Waals surface area contributed by atoms with E-state index in [0.29, 0.717) is 24.4 Å². The van der Waals surface area contributed by atoms with Crippen molar-refractivity contribution in [2.24, 2.45) is 0 Å². The van der Waals surface area contributed by atoms with Gasteiger partial charge in [-0.1, -0.05) is 24.3 Å². The number of thioether (sulfide) groups is 1. The van der Waals surface area contributed by atoms with E-state index in [1.54, 1.807) is 41.3 Å². The maximum absolute atomic E-state index is 13.8. The highest BCUT2D eigenvalue weighted by atomic mass is 127. The van der Waals surface area contributed by atoms with Crippen LogP contribution in [-0.2, 0) is 16.2 Å². The first kappa shape index (κ1) is 23.7. The van der Waals surface area contributed by atoms with E-state index in [1.807, 2.05) is 6.07 Å². The van der Waals surface area contributed by atoms with E-state index in [1.165, 1.54) is 6.07 Å². The Hall–Kier alpha value is -2.40. The molecule has 3 amide bonds. The summed E-state index contributed by atoms with van der Waals surface area (Å²) in [4.78, 5) is 40.7. The van der Waals surface area contributed by atoms with Gasteiger partial charge in [0, 0.05) is 18.7 Å². The van der Waals surface area contributed by atoms with Crippen molar-refractivity contribution in [2.45, 2.75) is 25.9 Å². The Labute approximate surface area is 209 Å². The highest BCUT2D eigenvalue weighted by Crippen LogP contribution is 2.33. The lowest BCUT2D eigenvalue weighted by molar-refractivity contribution is -0.136. The molecule has 6 nitrogen and oxygen atoms in total. The van der Waals surface area contributed by atoms with Gasteiger partial charge in [0.2, 0.25) is 5.91 Å². The molecule has 0 spiro atoms. The minimum absolute atomic E-state index is 0.103. The predicted octanol–water partition coefficient (Wildman–Crippen LogP) is 5.06. The van der Waals surface area contributed by atoms with Crippen LogP contribution in [0.4, 0.5) is 9.18 Å². The van der Waals surface area contributed by atoms with Gasteiger partial charge in [0.15, 0.2) is 0 Å². The Kier molecular flexibility index (Phi) is 7.69. The summed E-state index contributed by atoms with van der Waals surface area (Å²) < 4.78 is 20.3. The van der Waals surface area contributed by atoms with Crippen molar-refractivity contribution in [2.75, 3.05) is 19.6 Å². The average molecular weight is 580 g/mol. The number of hydrogen-bond acceptors (Lipinski definition) is 5. The molecule has 0 aromatic heterocycles. The maximum Gasteiger partial charge on any atom is 0.294 e. The average Bonchev–Trinajstić information content (AvgIpc) is 3.07. The van der Waals surface area contributed by atoms with Crippen LogP contribution in [0.1, 0.15) is 30.4 Å². The van der Waals surface area contributed by atoms with Crippen molar-refractivity contribution in [1.82, 2.24) is 9.80 Å². The van der Waals surface area contributed by atoms with Gasteiger partial charge in [-0.05, 0) is 83.5 Å². The molecule has 0 atom stereocenters. The molecule has 172 valence electrons. The number of nitrogens with zero attached hydrogens (tertiary/aromatic N) is 2. The number of carbonyl (C=O) groups excluding carboxylic acids is 3. The van der Waals surface area contributed by atoms with Crippen molar-refractivity contribution >= 4 is 57.5 Å². The molecule has 0 unspecified atom stereocenters. The number of carbonyl (C=O) groups is 3. The number of imide groups is 1. The van der Waals surface area contributed by atoms with Crippen molar-refractivity contribution in [1.29, 1.82) is 0 Å². The van der Waals surface area contributed by atoms with E-state index < -0.39 is 11.1 Å². The number of piperidine rings is 1. The van der Waals surface area contributed by atoms with E-state index >= 15 is 0 Å². The van der Waals surface area contributed by atoms with E-state index in [-0.39, 0.29) is 29.8 Å². The molecule has 9 heteroatoms. The molecule has 0 aliphatic carbocycles. The van der Waals surface area contributed by atoms with Crippen LogP contribution in [0.2, 0.25) is 0 Å². The molecule has 4 rings (SSSR count). The molecule has 0 saturated carbocycles. The number of likely N-dealkylation sites (tertiary alicyclic amines) is 1. The quantitative estimate of drug-likeness (QED) is 0.353. The first-order chi connectivity index (χ1) is 15.9. The number of halogens is 2. The SMILES string of the molecule is O=C(CN1C(=O)S/C(=C\c2ccc(OCc3ccccc3F)c(I)c2)C1=O)N1CCCCC1. The largest absolute Gasteiger partial charge is 0.488 e. The Bertz CT molecular complexity index is 1120. The third kappa shape index (κ3) is 5.75. The molecule has 2 aromatic rings. The standard InChI is InChI=1S/C24H22FIN2O4S/c25-18-7-3-2-6-17(18)15-32-20-9-8-16(12-19(20)26)13-21-23(30)28(24(31)33-21)14-22(29)27-10-4-1-5-11-27/h2-3,6-9,12-13H,1,4-5,10-11,14-15H2/b21-13-.